The minimum atomic E-state index is 0. The molecule has 0 spiro atoms. The van der Waals surface area contributed by atoms with Crippen LogP contribution in [0.2, 0.25) is 0 Å². The van der Waals surface area contributed by atoms with Gasteiger partial charge in [-0.15, -0.1) is 0 Å². The second kappa shape index (κ2) is 5.80. The van der Waals surface area contributed by atoms with Gasteiger partial charge in [0.25, 0.3) is 0 Å². The van der Waals surface area contributed by atoms with Crippen LogP contribution in [0.4, 0.5) is 0 Å². The maximum atomic E-state index is 2.54. The molecule has 0 atom stereocenters. The topological polar surface area (TPSA) is 3.24 Å². The summed E-state index contributed by atoms with van der Waals surface area (Å²) in [6.07, 6.45) is 1.25. The summed E-state index contributed by atoms with van der Waals surface area (Å²) in [6, 6.07) is 0. The Hall–Kier alpha value is 0.0249. The summed E-state index contributed by atoms with van der Waals surface area (Å²) < 4.78 is 0. The molecule has 0 fully saturated rings. The smallest absolute Gasteiger partial charge is 0.0158 e. The average Bonchev–Trinajstić information content (AvgIpc) is 1.83. The standard InChI is InChI=1S/C12H27N.B/c1-8-13(9-2)12(6,7)10-11(3,4)5;/h8-10H2,1-7H3;. The number of hydrogen-bond donors (Lipinski definition) is 0. The molecule has 0 heterocycles. The van der Waals surface area contributed by atoms with Crippen molar-refractivity contribution in [3.63, 3.8) is 0 Å². The van der Waals surface area contributed by atoms with Crippen LogP contribution < -0.4 is 0 Å². The fourth-order valence-electron chi connectivity index (χ4n) is 2.49. The highest BCUT2D eigenvalue weighted by atomic mass is 15.2. The molecule has 0 aromatic carbocycles. The molecule has 0 saturated heterocycles. The molecule has 0 saturated carbocycles. The van der Waals surface area contributed by atoms with Gasteiger partial charge in [0.05, 0.1) is 0 Å². The fraction of sp³-hybridized carbons (Fsp3) is 1.00. The summed E-state index contributed by atoms with van der Waals surface area (Å²) in [7, 11) is 0. The van der Waals surface area contributed by atoms with E-state index in [1.54, 1.807) is 0 Å². The van der Waals surface area contributed by atoms with E-state index in [0.29, 0.717) is 11.0 Å². The zero-order valence-electron chi connectivity index (χ0n) is 11.1. The van der Waals surface area contributed by atoms with Crippen LogP contribution in [-0.4, -0.2) is 31.9 Å². The van der Waals surface area contributed by atoms with Gasteiger partial charge < -0.3 is 0 Å². The summed E-state index contributed by atoms with van der Waals surface area (Å²) in [5.41, 5.74) is 0.758. The molecule has 0 aromatic rings. The average molecular weight is 196 g/mol. The Balaban J connectivity index is 0. The molecule has 0 unspecified atom stereocenters. The fourth-order valence-corrected chi connectivity index (χ4v) is 2.49. The third kappa shape index (κ3) is 5.69. The van der Waals surface area contributed by atoms with Crippen molar-refractivity contribution in [3.05, 3.63) is 0 Å². The number of hydrogen-bond acceptors (Lipinski definition) is 1. The molecular weight excluding hydrogens is 169 g/mol. The minimum Gasteiger partial charge on any atom is -0.299 e. The van der Waals surface area contributed by atoms with Gasteiger partial charge in [0.15, 0.2) is 0 Å². The van der Waals surface area contributed by atoms with Crippen LogP contribution in [0.15, 0.2) is 0 Å². The normalized spacial score (nSPS) is 12.9. The summed E-state index contributed by atoms with van der Waals surface area (Å²) in [5.74, 6) is 0. The molecule has 0 bridgehead atoms. The molecule has 14 heavy (non-hydrogen) atoms. The predicted molar refractivity (Wildman–Crippen MR) is 66.8 cm³/mol. The quantitative estimate of drug-likeness (QED) is 0.624. The zero-order valence-corrected chi connectivity index (χ0v) is 11.1. The van der Waals surface area contributed by atoms with Crippen molar-refractivity contribution in [2.75, 3.05) is 13.1 Å². The predicted octanol–water partition coefficient (Wildman–Crippen LogP) is 3.16. The molecule has 0 amide bonds. The Morgan fingerprint density at radius 2 is 1.21 bits per heavy atom. The lowest BCUT2D eigenvalue weighted by molar-refractivity contribution is 0.0878. The second-order valence-corrected chi connectivity index (χ2v) is 5.72. The van der Waals surface area contributed by atoms with Gasteiger partial charge in [0.1, 0.15) is 0 Å². The molecule has 0 aliphatic rings. The maximum absolute atomic E-state index is 2.54. The first-order valence-electron chi connectivity index (χ1n) is 5.48. The Bertz CT molecular complexity index is 143. The third-order valence-electron chi connectivity index (χ3n) is 2.58. The second-order valence-electron chi connectivity index (χ2n) is 5.72. The van der Waals surface area contributed by atoms with E-state index in [-0.39, 0.29) is 8.41 Å². The van der Waals surface area contributed by atoms with Gasteiger partial charge in [-0.3, -0.25) is 4.90 Å². The highest BCUT2D eigenvalue weighted by Gasteiger charge is 2.29. The van der Waals surface area contributed by atoms with Crippen LogP contribution in [0, 0.1) is 5.41 Å². The van der Waals surface area contributed by atoms with Gasteiger partial charge in [-0.05, 0) is 38.8 Å². The molecule has 83 valence electrons. The highest BCUT2D eigenvalue weighted by Crippen LogP contribution is 2.30. The lowest BCUT2D eigenvalue weighted by Crippen LogP contribution is -2.46. The summed E-state index contributed by atoms with van der Waals surface area (Å²) in [6.45, 7) is 18.5. The van der Waals surface area contributed by atoms with E-state index in [9.17, 15) is 0 Å². The van der Waals surface area contributed by atoms with Crippen molar-refractivity contribution < 1.29 is 0 Å². The largest absolute Gasteiger partial charge is 0.299 e. The summed E-state index contributed by atoms with van der Waals surface area (Å²) >= 11 is 0. The van der Waals surface area contributed by atoms with Crippen LogP contribution in [0.25, 0.3) is 0 Å². The van der Waals surface area contributed by atoms with Crippen molar-refractivity contribution in [3.8, 4) is 0 Å². The van der Waals surface area contributed by atoms with E-state index >= 15 is 0 Å². The SMILES string of the molecule is CCN(CC)C(C)(C)CC(C)(C)C.[B]. The minimum absolute atomic E-state index is 0. The van der Waals surface area contributed by atoms with E-state index in [4.69, 9.17) is 0 Å². The van der Waals surface area contributed by atoms with Crippen LogP contribution >= 0.6 is 0 Å². The first kappa shape index (κ1) is 16.5. The summed E-state index contributed by atoms with van der Waals surface area (Å²) in [5, 5.41) is 0. The molecule has 2 heteroatoms. The number of nitrogens with zero attached hydrogens (tertiary/aromatic N) is 1. The molecular formula is C12H27BN. The van der Waals surface area contributed by atoms with E-state index < -0.39 is 0 Å². The van der Waals surface area contributed by atoms with E-state index in [0.717, 1.165) is 13.1 Å². The molecule has 1 nitrogen and oxygen atoms in total. The zero-order chi connectivity index (χ0) is 10.7. The van der Waals surface area contributed by atoms with Gasteiger partial charge in [0.2, 0.25) is 0 Å². The van der Waals surface area contributed by atoms with Crippen molar-refractivity contribution in [2.45, 2.75) is 60.4 Å². The van der Waals surface area contributed by atoms with Crippen LogP contribution in [0.1, 0.15) is 54.9 Å². The van der Waals surface area contributed by atoms with Crippen molar-refractivity contribution in [1.29, 1.82) is 0 Å². The Kier molecular flexibility index (Phi) is 6.81. The lowest BCUT2D eigenvalue weighted by atomic mass is 9.81. The molecule has 0 aliphatic carbocycles. The third-order valence-corrected chi connectivity index (χ3v) is 2.58. The maximum Gasteiger partial charge on any atom is 0.0158 e. The van der Waals surface area contributed by atoms with Crippen LogP contribution in [0.5, 0.6) is 0 Å². The highest BCUT2D eigenvalue weighted by molar-refractivity contribution is 5.75. The Morgan fingerprint density at radius 1 is 0.857 bits per heavy atom. The van der Waals surface area contributed by atoms with Crippen molar-refractivity contribution >= 4 is 8.41 Å². The molecule has 0 aliphatic heterocycles. The van der Waals surface area contributed by atoms with Gasteiger partial charge in [0, 0.05) is 14.0 Å². The Labute approximate surface area is 92.8 Å². The van der Waals surface area contributed by atoms with Gasteiger partial charge >= 0.3 is 0 Å². The van der Waals surface area contributed by atoms with Crippen molar-refractivity contribution in [2.24, 2.45) is 5.41 Å². The molecule has 0 N–H and O–H groups in total. The van der Waals surface area contributed by atoms with Crippen molar-refractivity contribution in [1.82, 2.24) is 4.90 Å². The van der Waals surface area contributed by atoms with E-state index in [1.807, 2.05) is 0 Å². The first-order chi connectivity index (χ1) is 5.73. The van der Waals surface area contributed by atoms with Crippen LogP contribution in [0.3, 0.4) is 0 Å². The molecule has 0 rings (SSSR count). The Morgan fingerprint density at radius 3 is 1.43 bits per heavy atom. The first-order valence-corrected chi connectivity index (χ1v) is 5.48. The molecule has 0 aromatic heterocycles. The lowest BCUT2D eigenvalue weighted by Gasteiger charge is -2.41. The monoisotopic (exact) mass is 196 g/mol. The van der Waals surface area contributed by atoms with Gasteiger partial charge in [-0.1, -0.05) is 34.6 Å². The molecule has 3 radical (unpaired) electrons. The van der Waals surface area contributed by atoms with Gasteiger partial charge in [-0.25, -0.2) is 0 Å². The summed E-state index contributed by atoms with van der Waals surface area (Å²) in [4.78, 5) is 2.54. The van der Waals surface area contributed by atoms with E-state index in [2.05, 4.69) is 53.4 Å². The van der Waals surface area contributed by atoms with Gasteiger partial charge in [-0.2, -0.15) is 0 Å². The van der Waals surface area contributed by atoms with Crippen LogP contribution in [-0.2, 0) is 0 Å². The number of rotatable bonds is 4. The van der Waals surface area contributed by atoms with E-state index in [1.165, 1.54) is 6.42 Å².